The van der Waals surface area contributed by atoms with Gasteiger partial charge in [0.05, 0.1) is 5.69 Å². The van der Waals surface area contributed by atoms with E-state index in [0.29, 0.717) is 5.69 Å². The number of aromatic amines is 1. The Morgan fingerprint density at radius 1 is 1.27 bits per heavy atom. The van der Waals surface area contributed by atoms with Crippen molar-refractivity contribution in [1.29, 1.82) is 0 Å². The molecular weight excluding hydrogens is 326 g/mol. The number of hydrogen-bond acceptors (Lipinski definition) is 6. The van der Waals surface area contributed by atoms with Gasteiger partial charge in [-0.25, -0.2) is 0 Å². The molecule has 1 amide bonds. The van der Waals surface area contributed by atoms with Crippen LogP contribution < -0.4 is 10.0 Å². The number of carbonyl (C=O) groups is 1. The first kappa shape index (κ1) is 14.5. The molecule has 0 aliphatic rings. The van der Waals surface area contributed by atoms with Gasteiger partial charge < -0.3 is 10.3 Å². The molecule has 22 heavy (non-hydrogen) atoms. The molecule has 3 N–H and O–H groups in total. The molecule has 0 atom stereocenters. The normalized spacial score (nSPS) is 11.5. The maximum atomic E-state index is 12.2. The molecule has 3 aromatic rings. The second-order valence-electron chi connectivity index (χ2n) is 4.44. The molecule has 0 fully saturated rings. The molecule has 0 spiro atoms. The first-order valence-corrected chi connectivity index (χ1v) is 8.45. The van der Waals surface area contributed by atoms with Crippen molar-refractivity contribution in [3.8, 4) is 0 Å². The minimum Gasteiger partial charge on any atom is -0.361 e. The van der Waals surface area contributed by atoms with E-state index in [1.165, 1.54) is 6.92 Å². The van der Waals surface area contributed by atoms with E-state index in [-0.39, 0.29) is 15.4 Å². The number of anilines is 2. The minimum atomic E-state index is -3.85. The lowest BCUT2D eigenvalue weighted by molar-refractivity contribution is -0.114. The Morgan fingerprint density at radius 3 is 2.86 bits per heavy atom. The van der Waals surface area contributed by atoms with E-state index in [0.717, 1.165) is 22.2 Å². The predicted molar refractivity (Wildman–Crippen MR) is 83.3 cm³/mol. The maximum absolute atomic E-state index is 12.2. The van der Waals surface area contributed by atoms with Crippen LogP contribution in [-0.2, 0) is 14.8 Å². The third-order valence-electron chi connectivity index (χ3n) is 2.73. The fourth-order valence-corrected chi connectivity index (χ4v) is 3.83. The summed E-state index contributed by atoms with van der Waals surface area (Å²) in [4.78, 5) is 13.9. The predicted octanol–water partition coefficient (Wildman–Crippen LogP) is 1.78. The first-order chi connectivity index (χ1) is 10.4. The molecule has 0 radical (unpaired) electrons. The lowest BCUT2D eigenvalue weighted by Gasteiger charge is -2.04. The highest BCUT2D eigenvalue weighted by atomic mass is 32.2. The zero-order chi connectivity index (χ0) is 15.7. The largest absolute Gasteiger partial charge is 0.361 e. The third-order valence-corrected chi connectivity index (χ3v) is 5.31. The number of nitrogens with one attached hydrogen (secondary N) is 3. The second kappa shape index (κ2) is 5.39. The lowest BCUT2D eigenvalue weighted by Crippen LogP contribution is -2.12. The van der Waals surface area contributed by atoms with Gasteiger partial charge in [-0.05, 0) is 23.6 Å². The summed E-state index contributed by atoms with van der Waals surface area (Å²) < 4.78 is 26.7. The molecule has 8 nitrogen and oxygen atoms in total. The van der Waals surface area contributed by atoms with E-state index in [9.17, 15) is 13.2 Å². The monoisotopic (exact) mass is 337 g/mol. The quantitative estimate of drug-likeness (QED) is 0.627. The van der Waals surface area contributed by atoms with Gasteiger partial charge in [-0.3, -0.25) is 9.52 Å². The average Bonchev–Trinajstić information content (AvgIpc) is 3.06. The van der Waals surface area contributed by atoms with E-state index in [1.807, 2.05) is 6.07 Å². The molecule has 2 aromatic heterocycles. The fraction of sp³-hybridized carbons (Fsp3) is 0.0833. The summed E-state index contributed by atoms with van der Waals surface area (Å²) in [6.07, 6.45) is 1.77. The number of H-pyrrole nitrogens is 1. The van der Waals surface area contributed by atoms with Crippen LogP contribution in [-0.4, -0.2) is 29.5 Å². The molecule has 0 aliphatic heterocycles. The van der Waals surface area contributed by atoms with Gasteiger partial charge in [0.15, 0.2) is 0 Å². The van der Waals surface area contributed by atoms with E-state index in [1.54, 1.807) is 24.4 Å². The number of rotatable bonds is 4. The van der Waals surface area contributed by atoms with Gasteiger partial charge in [0.1, 0.15) is 0 Å². The average molecular weight is 337 g/mol. The molecule has 3 rings (SSSR count). The van der Waals surface area contributed by atoms with Crippen LogP contribution in [0, 0.1) is 0 Å². The summed E-state index contributed by atoms with van der Waals surface area (Å²) in [5.74, 6) is -0.342. The van der Waals surface area contributed by atoms with Crippen molar-refractivity contribution in [2.45, 2.75) is 11.3 Å². The molecule has 1 aromatic carbocycles. The van der Waals surface area contributed by atoms with Gasteiger partial charge in [0, 0.05) is 18.6 Å². The molecule has 0 unspecified atom stereocenters. The number of fused-ring (bicyclic) bond motifs is 1. The molecular formula is C12H11N5O3S2. The highest BCUT2D eigenvalue weighted by Crippen LogP contribution is 2.24. The summed E-state index contributed by atoms with van der Waals surface area (Å²) >= 11 is 0.780. The maximum Gasteiger partial charge on any atom is 0.291 e. The topological polar surface area (TPSA) is 117 Å². The Morgan fingerprint density at radius 2 is 2.09 bits per heavy atom. The Kier molecular flexibility index (Phi) is 3.54. The van der Waals surface area contributed by atoms with Crippen molar-refractivity contribution in [3.05, 3.63) is 30.5 Å². The minimum absolute atomic E-state index is 0.132. The van der Waals surface area contributed by atoms with Crippen LogP contribution >= 0.6 is 11.3 Å². The van der Waals surface area contributed by atoms with Gasteiger partial charge in [0.2, 0.25) is 11.0 Å². The van der Waals surface area contributed by atoms with Crippen molar-refractivity contribution in [2.24, 2.45) is 0 Å². The third kappa shape index (κ3) is 2.92. The zero-order valence-electron chi connectivity index (χ0n) is 11.3. The number of nitrogens with zero attached hydrogens (tertiary/aromatic N) is 2. The summed E-state index contributed by atoms with van der Waals surface area (Å²) in [6, 6.07) is 7.02. The van der Waals surface area contributed by atoms with Crippen LogP contribution in [0.2, 0.25) is 0 Å². The van der Waals surface area contributed by atoms with Crippen molar-refractivity contribution < 1.29 is 13.2 Å². The van der Waals surface area contributed by atoms with E-state index in [4.69, 9.17) is 0 Å². The van der Waals surface area contributed by atoms with Gasteiger partial charge in [0.25, 0.3) is 14.4 Å². The number of hydrogen-bond donors (Lipinski definition) is 3. The van der Waals surface area contributed by atoms with E-state index >= 15 is 0 Å². The summed E-state index contributed by atoms with van der Waals surface area (Å²) in [5, 5.41) is 10.7. The standard InChI is InChI=1S/C12H11N5O3S2/c1-7(18)14-11-15-16-12(21-11)22(19,20)17-9-3-2-8-4-5-13-10(8)6-9/h2-6,13,17H,1H3,(H,14,15,18). The Bertz CT molecular complexity index is 944. The number of sulfonamides is 1. The zero-order valence-corrected chi connectivity index (χ0v) is 13.0. The van der Waals surface area contributed by atoms with Crippen LogP contribution in [0.15, 0.2) is 34.8 Å². The van der Waals surface area contributed by atoms with Gasteiger partial charge >= 0.3 is 0 Å². The van der Waals surface area contributed by atoms with Gasteiger partial charge in [-0.15, -0.1) is 10.2 Å². The van der Waals surface area contributed by atoms with Crippen LogP contribution in [0.5, 0.6) is 0 Å². The summed E-state index contributed by atoms with van der Waals surface area (Å²) in [6.45, 7) is 1.30. The van der Waals surface area contributed by atoms with E-state index in [2.05, 4.69) is 25.2 Å². The second-order valence-corrected chi connectivity index (χ2v) is 7.27. The number of aromatic nitrogens is 3. The smallest absolute Gasteiger partial charge is 0.291 e. The Hall–Kier alpha value is -2.46. The SMILES string of the molecule is CC(=O)Nc1nnc(S(=O)(=O)Nc2ccc3cc[nH]c3c2)s1. The lowest BCUT2D eigenvalue weighted by atomic mass is 10.2. The highest BCUT2D eigenvalue weighted by molar-refractivity contribution is 7.94. The molecule has 0 bridgehead atoms. The summed E-state index contributed by atoms with van der Waals surface area (Å²) in [5.41, 5.74) is 1.22. The number of amides is 1. The Balaban J connectivity index is 1.86. The fourth-order valence-electron chi connectivity index (χ4n) is 1.83. The van der Waals surface area contributed by atoms with Crippen LogP contribution in [0.4, 0.5) is 10.8 Å². The van der Waals surface area contributed by atoms with Crippen molar-refractivity contribution in [2.75, 3.05) is 10.0 Å². The van der Waals surface area contributed by atoms with Crippen LogP contribution in [0.25, 0.3) is 10.9 Å². The molecule has 10 heteroatoms. The van der Waals surface area contributed by atoms with Crippen molar-refractivity contribution >= 4 is 49.0 Å². The number of benzene rings is 1. The van der Waals surface area contributed by atoms with Crippen LogP contribution in [0.1, 0.15) is 6.92 Å². The molecule has 0 aliphatic carbocycles. The molecule has 0 saturated heterocycles. The van der Waals surface area contributed by atoms with Gasteiger partial charge in [-0.1, -0.05) is 17.4 Å². The van der Waals surface area contributed by atoms with Gasteiger partial charge in [-0.2, -0.15) is 8.42 Å². The van der Waals surface area contributed by atoms with E-state index < -0.39 is 10.0 Å². The Labute approximate surface area is 129 Å². The molecule has 114 valence electrons. The van der Waals surface area contributed by atoms with Crippen molar-refractivity contribution in [1.82, 2.24) is 15.2 Å². The first-order valence-electron chi connectivity index (χ1n) is 6.15. The van der Waals surface area contributed by atoms with Crippen LogP contribution in [0.3, 0.4) is 0 Å². The van der Waals surface area contributed by atoms with Crippen molar-refractivity contribution in [3.63, 3.8) is 0 Å². The molecule has 2 heterocycles. The number of carbonyl (C=O) groups excluding carboxylic acids is 1. The summed E-state index contributed by atoms with van der Waals surface area (Å²) in [7, 11) is -3.85. The molecule has 0 saturated carbocycles. The highest BCUT2D eigenvalue weighted by Gasteiger charge is 2.20.